The first-order chi connectivity index (χ1) is 10.1. The second-order valence-corrected chi connectivity index (χ2v) is 5.96. The molecule has 1 amide bonds. The molecule has 1 aliphatic heterocycles. The summed E-state index contributed by atoms with van der Waals surface area (Å²) < 4.78 is 5.23. The van der Waals surface area contributed by atoms with Gasteiger partial charge >= 0.3 is 0 Å². The largest absolute Gasteiger partial charge is 0.497 e. The summed E-state index contributed by atoms with van der Waals surface area (Å²) in [5.41, 5.74) is 1.16. The van der Waals surface area contributed by atoms with E-state index in [4.69, 9.17) is 4.74 Å². The maximum atomic E-state index is 12.4. The Balaban J connectivity index is 1.88. The van der Waals surface area contributed by atoms with Crippen LogP contribution in [0.1, 0.15) is 31.7 Å². The van der Waals surface area contributed by atoms with Crippen LogP contribution in [0.3, 0.4) is 0 Å². The number of hydrogen-bond acceptors (Lipinski definition) is 3. The Morgan fingerprint density at radius 1 is 1.43 bits per heavy atom. The van der Waals surface area contributed by atoms with Gasteiger partial charge in [0.2, 0.25) is 5.91 Å². The lowest BCUT2D eigenvalue weighted by molar-refractivity contribution is -0.135. The lowest BCUT2D eigenvalue weighted by atomic mass is 10.0. The first kappa shape index (κ1) is 15.8. The highest BCUT2D eigenvalue weighted by molar-refractivity contribution is 5.78. The molecule has 1 unspecified atom stereocenters. The summed E-state index contributed by atoms with van der Waals surface area (Å²) in [6.07, 6.45) is 3.51. The van der Waals surface area contributed by atoms with Crippen molar-refractivity contribution in [2.45, 2.75) is 38.8 Å². The van der Waals surface area contributed by atoms with Gasteiger partial charge in [0.15, 0.2) is 0 Å². The predicted octanol–water partition coefficient (Wildman–Crippen LogP) is 2.53. The summed E-state index contributed by atoms with van der Waals surface area (Å²) in [6, 6.07) is 8.38. The number of carbonyl (C=O) groups excluding carboxylic acids is 1. The number of benzene rings is 1. The zero-order valence-corrected chi connectivity index (χ0v) is 13.3. The number of likely N-dealkylation sites (N-methyl/N-ethyl adjacent to an activating group) is 1. The number of hydrogen-bond donors (Lipinski definition) is 0. The smallest absolute Gasteiger partial charge is 0.236 e. The van der Waals surface area contributed by atoms with Crippen LogP contribution in [0.5, 0.6) is 5.75 Å². The van der Waals surface area contributed by atoms with Crippen molar-refractivity contribution in [3.8, 4) is 5.75 Å². The molecule has 0 saturated carbocycles. The van der Waals surface area contributed by atoms with Gasteiger partial charge in [0.1, 0.15) is 5.75 Å². The van der Waals surface area contributed by atoms with Crippen LogP contribution in [0.2, 0.25) is 0 Å². The minimum atomic E-state index is 0.243. The van der Waals surface area contributed by atoms with Crippen LogP contribution in [-0.2, 0) is 11.3 Å². The van der Waals surface area contributed by atoms with Gasteiger partial charge in [-0.3, -0.25) is 9.69 Å². The quantitative estimate of drug-likeness (QED) is 0.835. The van der Waals surface area contributed by atoms with Crippen molar-refractivity contribution in [1.29, 1.82) is 0 Å². The number of nitrogens with zero attached hydrogens (tertiary/aromatic N) is 2. The molecule has 0 N–H and O–H groups in total. The van der Waals surface area contributed by atoms with Crippen LogP contribution in [0, 0.1) is 0 Å². The van der Waals surface area contributed by atoms with Gasteiger partial charge in [-0.1, -0.05) is 12.1 Å². The third kappa shape index (κ3) is 4.46. The van der Waals surface area contributed by atoms with Crippen molar-refractivity contribution in [1.82, 2.24) is 9.80 Å². The highest BCUT2D eigenvalue weighted by Crippen LogP contribution is 2.17. The second kappa shape index (κ2) is 7.46. The molecule has 0 radical (unpaired) electrons. The number of piperidine rings is 1. The van der Waals surface area contributed by atoms with Gasteiger partial charge in [-0.25, -0.2) is 0 Å². The Kier molecular flexibility index (Phi) is 5.62. The number of methoxy groups -OCH3 is 1. The van der Waals surface area contributed by atoms with E-state index in [1.54, 1.807) is 7.11 Å². The number of carbonyl (C=O) groups is 1. The molecule has 21 heavy (non-hydrogen) atoms. The molecule has 1 aliphatic rings. The molecule has 1 fully saturated rings. The van der Waals surface area contributed by atoms with E-state index in [9.17, 15) is 4.79 Å². The Hall–Kier alpha value is -1.55. The van der Waals surface area contributed by atoms with Crippen molar-refractivity contribution >= 4 is 5.91 Å². The number of likely N-dealkylation sites (tertiary alicyclic amines) is 1. The van der Waals surface area contributed by atoms with Gasteiger partial charge in [-0.05, 0) is 50.9 Å². The molecule has 4 heteroatoms. The van der Waals surface area contributed by atoms with Gasteiger partial charge in [0, 0.05) is 19.1 Å². The predicted molar refractivity (Wildman–Crippen MR) is 84.4 cm³/mol. The lowest BCUT2D eigenvalue weighted by Gasteiger charge is -2.34. The van der Waals surface area contributed by atoms with Gasteiger partial charge in [-0.2, -0.15) is 0 Å². The molecule has 2 rings (SSSR count). The molecule has 116 valence electrons. The van der Waals surface area contributed by atoms with E-state index in [0.717, 1.165) is 37.2 Å². The van der Waals surface area contributed by atoms with Crippen molar-refractivity contribution in [3.05, 3.63) is 29.8 Å². The minimum absolute atomic E-state index is 0.243. The van der Waals surface area contributed by atoms with E-state index in [1.165, 1.54) is 6.42 Å². The third-order valence-electron chi connectivity index (χ3n) is 4.12. The van der Waals surface area contributed by atoms with Crippen molar-refractivity contribution < 1.29 is 9.53 Å². The van der Waals surface area contributed by atoms with Crippen LogP contribution < -0.4 is 4.74 Å². The molecule has 1 aromatic rings. The van der Waals surface area contributed by atoms with Gasteiger partial charge in [0.05, 0.1) is 13.7 Å². The summed E-state index contributed by atoms with van der Waals surface area (Å²) in [5.74, 6) is 1.10. The van der Waals surface area contributed by atoms with E-state index in [-0.39, 0.29) is 5.91 Å². The van der Waals surface area contributed by atoms with Gasteiger partial charge in [0.25, 0.3) is 0 Å². The topological polar surface area (TPSA) is 32.8 Å². The normalized spacial score (nSPS) is 18.9. The summed E-state index contributed by atoms with van der Waals surface area (Å²) >= 11 is 0. The Morgan fingerprint density at radius 3 is 2.95 bits per heavy atom. The number of rotatable bonds is 5. The van der Waals surface area contributed by atoms with E-state index in [1.807, 2.05) is 30.1 Å². The van der Waals surface area contributed by atoms with Crippen LogP contribution >= 0.6 is 0 Å². The fourth-order valence-electron chi connectivity index (χ4n) is 2.93. The Labute approximate surface area is 127 Å². The SMILES string of the molecule is COc1cccc(CN(C)CC(=O)N2CCCCC2C)c1. The molecule has 0 bridgehead atoms. The third-order valence-corrected chi connectivity index (χ3v) is 4.12. The maximum Gasteiger partial charge on any atom is 0.236 e. The molecular formula is C17H26N2O2. The average molecular weight is 290 g/mol. The molecule has 1 aromatic carbocycles. The molecule has 0 aromatic heterocycles. The summed E-state index contributed by atoms with van der Waals surface area (Å²) in [5, 5.41) is 0. The fraction of sp³-hybridized carbons (Fsp3) is 0.588. The van der Waals surface area contributed by atoms with Crippen LogP contribution in [0.4, 0.5) is 0 Å². The minimum Gasteiger partial charge on any atom is -0.497 e. The van der Waals surface area contributed by atoms with Crippen molar-refractivity contribution in [2.24, 2.45) is 0 Å². The summed E-state index contributed by atoms with van der Waals surface area (Å²) in [7, 11) is 3.66. The van der Waals surface area contributed by atoms with Crippen molar-refractivity contribution in [2.75, 3.05) is 27.2 Å². The standard InChI is InChI=1S/C17H26N2O2/c1-14-7-4-5-10-19(14)17(20)13-18(2)12-15-8-6-9-16(11-15)21-3/h6,8-9,11,14H,4-5,7,10,12-13H2,1-3H3. The molecule has 1 atom stereocenters. The van der Waals surface area contributed by atoms with Crippen LogP contribution in [0.25, 0.3) is 0 Å². The number of ether oxygens (including phenoxy) is 1. The molecular weight excluding hydrogens is 264 g/mol. The van der Waals surface area contributed by atoms with Crippen LogP contribution in [-0.4, -0.2) is 49.0 Å². The highest BCUT2D eigenvalue weighted by Gasteiger charge is 2.23. The first-order valence-corrected chi connectivity index (χ1v) is 7.71. The lowest BCUT2D eigenvalue weighted by Crippen LogP contribution is -2.46. The van der Waals surface area contributed by atoms with Gasteiger partial charge < -0.3 is 9.64 Å². The summed E-state index contributed by atoms with van der Waals surface area (Å²) in [4.78, 5) is 16.5. The average Bonchev–Trinajstić information content (AvgIpc) is 2.47. The zero-order chi connectivity index (χ0) is 15.2. The summed E-state index contributed by atoms with van der Waals surface area (Å²) in [6.45, 7) is 4.29. The van der Waals surface area contributed by atoms with Crippen LogP contribution in [0.15, 0.2) is 24.3 Å². The maximum absolute atomic E-state index is 12.4. The molecule has 1 saturated heterocycles. The molecule has 0 aliphatic carbocycles. The molecule has 0 spiro atoms. The van der Waals surface area contributed by atoms with E-state index < -0.39 is 0 Å². The van der Waals surface area contributed by atoms with Gasteiger partial charge in [-0.15, -0.1) is 0 Å². The first-order valence-electron chi connectivity index (χ1n) is 7.71. The zero-order valence-electron chi connectivity index (χ0n) is 13.3. The molecule has 1 heterocycles. The highest BCUT2D eigenvalue weighted by atomic mass is 16.5. The van der Waals surface area contributed by atoms with E-state index in [0.29, 0.717) is 12.6 Å². The van der Waals surface area contributed by atoms with Crippen molar-refractivity contribution in [3.63, 3.8) is 0 Å². The second-order valence-electron chi connectivity index (χ2n) is 5.96. The Morgan fingerprint density at radius 2 is 2.24 bits per heavy atom. The molecule has 4 nitrogen and oxygen atoms in total. The fourth-order valence-corrected chi connectivity index (χ4v) is 2.93. The monoisotopic (exact) mass is 290 g/mol. The Bertz CT molecular complexity index is 476. The number of amides is 1. The van der Waals surface area contributed by atoms with E-state index in [2.05, 4.69) is 17.9 Å². The van der Waals surface area contributed by atoms with E-state index >= 15 is 0 Å².